The quantitative estimate of drug-likeness (QED) is 0.358. The minimum absolute atomic E-state index is 0.0144. The zero-order valence-electron chi connectivity index (χ0n) is 16.7. The highest BCUT2D eigenvalue weighted by Gasteiger charge is 2.13. The van der Waals surface area contributed by atoms with Crippen molar-refractivity contribution in [2.75, 3.05) is 5.73 Å². The summed E-state index contributed by atoms with van der Waals surface area (Å²) in [5.74, 6) is -0.815. The van der Waals surface area contributed by atoms with Gasteiger partial charge in [0.05, 0.1) is 18.4 Å². The van der Waals surface area contributed by atoms with Crippen LogP contribution < -0.4 is 11.1 Å². The van der Waals surface area contributed by atoms with Gasteiger partial charge in [-0.25, -0.2) is 23.7 Å². The van der Waals surface area contributed by atoms with Crippen molar-refractivity contribution in [3.8, 4) is 0 Å². The predicted molar refractivity (Wildman–Crippen MR) is 119 cm³/mol. The van der Waals surface area contributed by atoms with Gasteiger partial charge in [0.2, 0.25) is 0 Å². The summed E-state index contributed by atoms with van der Waals surface area (Å²) in [5, 5.41) is 4.61. The van der Waals surface area contributed by atoms with Crippen LogP contribution in [0.3, 0.4) is 0 Å². The van der Waals surface area contributed by atoms with Crippen molar-refractivity contribution in [2.24, 2.45) is 0 Å². The van der Waals surface area contributed by atoms with Gasteiger partial charge >= 0.3 is 0 Å². The molecule has 10 heteroatoms. The molecule has 0 atom stereocenters. The third-order valence-corrected chi connectivity index (χ3v) is 5.50. The molecule has 32 heavy (non-hydrogen) atoms. The Bertz CT molecular complexity index is 1420. The van der Waals surface area contributed by atoms with Gasteiger partial charge in [0.15, 0.2) is 11.5 Å². The number of nitrogens with zero attached hydrogens (tertiary/aromatic N) is 4. The van der Waals surface area contributed by atoms with E-state index in [9.17, 15) is 8.78 Å². The van der Waals surface area contributed by atoms with Crippen LogP contribution in [0.5, 0.6) is 0 Å². The molecule has 2 aromatic carbocycles. The van der Waals surface area contributed by atoms with Gasteiger partial charge in [-0.1, -0.05) is 17.7 Å². The maximum absolute atomic E-state index is 13.8. The number of nitrogens with two attached hydrogens (primary N) is 1. The van der Waals surface area contributed by atoms with Crippen LogP contribution in [-0.2, 0) is 19.6 Å². The van der Waals surface area contributed by atoms with Crippen LogP contribution in [0.15, 0.2) is 49.1 Å². The second-order valence-corrected chi connectivity index (χ2v) is 7.87. The van der Waals surface area contributed by atoms with Crippen LogP contribution >= 0.6 is 11.6 Å². The maximum atomic E-state index is 13.8. The number of hydrogen-bond donors (Lipinski definition) is 3. The molecule has 0 aliphatic rings. The van der Waals surface area contributed by atoms with E-state index in [2.05, 4.69) is 25.3 Å². The van der Waals surface area contributed by atoms with Gasteiger partial charge in [-0.2, -0.15) is 0 Å². The summed E-state index contributed by atoms with van der Waals surface area (Å²) >= 11 is 6.35. The molecular weight excluding hydrogens is 436 g/mol. The number of H-pyrrole nitrogens is 1. The van der Waals surface area contributed by atoms with Crippen molar-refractivity contribution in [3.05, 3.63) is 82.5 Å². The fraction of sp³-hybridized carbons (Fsp3) is 0.136. The SMILES string of the molecule is Nc1ncnc2c1ncn2Cc1cc(Cl)cc2cc(CNCc3c(F)cccc3F)[nH]c12. The molecule has 3 aromatic heterocycles. The number of rotatable bonds is 6. The molecule has 5 aromatic rings. The lowest BCUT2D eigenvalue weighted by Crippen LogP contribution is -2.15. The fourth-order valence-electron chi connectivity index (χ4n) is 3.78. The molecule has 0 unspecified atom stereocenters. The first-order valence-electron chi connectivity index (χ1n) is 9.84. The summed E-state index contributed by atoms with van der Waals surface area (Å²) in [4.78, 5) is 15.9. The third-order valence-electron chi connectivity index (χ3n) is 5.28. The van der Waals surface area contributed by atoms with E-state index < -0.39 is 11.6 Å². The molecule has 0 aliphatic heterocycles. The zero-order valence-corrected chi connectivity index (χ0v) is 17.5. The minimum atomic E-state index is -0.569. The molecular formula is C22H18ClF2N7. The van der Waals surface area contributed by atoms with Crippen LogP contribution in [0.4, 0.5) is 14.6 Å². The minimum Gasteiger partial charge on any atom is -0.382 e. The van der Waals surface area contributed by atoms with Crippen LogP contribution in [0.25, 0.3) is 22.1 Å². The normalized spacial score (nSPS) is 11.6. The molecule has 0 saturated carbocycles. The number of anilines is 1. The van der Waals surface area contributed by atoms with E-state index in [0.29, 0.717) is 35.1 Å². The molecule has 4 N–H and O–H groups in total. The number of halogens is 3. The Labute approximate surface area is 186 Å². The number of nitrogen functional groups attached to an aromatic ring is 1. The van der Waals surface area contributed by atoms with Gasteiger partial charge < -0.3 is 20.6 Å². The number of benzene rings is 2. The number of hydrogen-bond acceptors (Lipinski definition) is 5. The van der Waals surface area contributed by atoms with E-state index >= 15 is 0 Å². The lowest BCUT2D eigenvalue weighted by atomic mass is 10.1. The van der Waals surface area contributed by atoms with Gasteiger partial charge in [-0.3, -0.25) is 0 Å². The van der Waals surface area contributed by atoms with Crippen molar-refractivity contribution in [1.82, 2.24) is 29.8 Å². The van der Waals surface area contributed by atoms with Crippen molar-refractivity contribution >= 4 is 39.5 Å². The summed E-state index contributed by atoms with van der Waals surface area (Å²) in [6.45, 7) is 0.943. The monoisotopic (exact) mass is 453 g/mol. The van der Waals surface area contributed by atoms with Gasteiger partial charge in [0, 0.05) is 34.8 Å². The molecule has 162 valence electrons. The van der Waals surface area contributed by atoms with Crippen molar-refractivity contribution in [1.29, 1.82) is 0 Å². The van der Waals surface area contributed by atoms with Gasteiger partial charge in [0.1, 0.15) is 23.5 Å². The topological polar surface area (TPSA) is 97.4 Å². The number of aromatic nitrogens is 5. The van der Waals surface area contributed by atoms with Crippen LogP contribution in [0, 0.1) is 11.6 Å². The molecule has 5 rings (SSSR count). The summed E-state index contributed by atoms with van der Waals surface area (Å²) in [7, 11) is 0. The average Bonchev–Trinajstić information content (AvgIpc) is 3.35. The lowest BCUT2D eigenvalue weighted by molar-refractivity contribution is 0.534. The first-order valence-corrected chi connectivity index (χ1v) is 10.2. The Morgan fingerprint density at radius 2 is 1.88 bits per heavy atom. The summed E-state index contributed by atoms with van der Waals surface area (Å²) < 4.78 is 29.5. The average molecular weight is 454 g/mol. The Balaban J connectivity index is 1.40. The Morgan fingerprint density at radius 3 is 2.69 bits per heavy atom. The molecule has 0 fully saturated rings. The Morgan fingerprint density at radius 1 is 1.06 bits per heavy atom. The summed E-state index contributed by atoms with van der Waals surface area (Å²) in [6.07, 6.45) is 3.07. The molecule has 0 spiro atoms. The van der Waals surface area contributed by atoms with Crippen LogP contribution in [0.2, 0.25) is 5.02 Å². The number of aromatic amines is 1. The van der Waals surface area contributed by atoms with E-state index in [1.54, 1.807) is 6.33 Å². The van der Waals surface area contributed by atoms with E-state index in [1.807, 2.05) is 22.8 Å². The van der Waals surface area contributed by atoms with Gasteiger partial charge in [-0.05, 0) is 35.9 Å². The van der Waals surface area contributed by atoms with Crippen molar-refractivity contribution in [3.63, 3.8) is 0 Å². The molecule has 0 amide bonds. The Hall–Kier alpha value is -3.56. The fourth-order valence-corrected chi connectivity index (χ4v) is 4.03. The van der Waals surface area contributed by atoms with Gasteiger partial charge in [-0.15, -0.1) is 0 Å². The summed E-state index contributed by atoms with van der Waals surface area (Å²) in [6, 6.07) is 9.54. The highest BCUT2D eigenvalue weighted by molar-refractivity contribution is 6.31. The molecule has 0 saturated heterocycles. The number of fused-ring (bicyclic) bond motifs is 2. The van der Waals surface area contributed by atoms with Gasteiger partial charge in [0.25, 0.3) is 0 Å². The zero-order chi connectivity index (χ0) is 22.2. The Kier molecular flexibility index (Phi) is 5.20. The second-order valence-electron chi connectivity index (χ2n) is 7.43. The second kappa shape index (κ2) is 8.18. The summed E-state index contributed by atoms with van der Waals surface area (Å²) in [5.41, 5.74) is 9.78. The highest BCUT2D eigenvalue weighted by atomic mass is 35.5. The molecule has 0 bridgehead atoms. The van der Waals surface area contributed by atoms with Crippen molar-refractivity contribution in [2.45, 2.75) is 19.6 Å². The highest BCUT2D eigenvalue weighted by Crippen LogP contribution is 2.27. The van der Waals surface area contributed by atoms with Crippen LogP contribution in [0.1, 0.15) is 16.8 Å². The van der Waals surface area contributed by atoms with Crippen molar-refractivity contribution < 1.29 is 8.78 Å². The largest absolute Gasteiger partial charge is 0.382 e. The van der Waals surface area contributed by atoms with Crippen LogP contribution in [-0.4, -0.2) is 24.5 Å². The smallest absolute Gasteiger partial charge is 0.165 e. The van der Waals surface area contributed by atoms with E-state index in [-0.39, 0.29) is 12.1 Å². The number of imidazole rings is 1. The van der Waals surface area contributed by atoms with E-state index in [0.717, 1.165) is 22.2 Å². The standard InChI is InChI=1S/C22H18ClF2N7/c23-14-4-12-6-15(7-27-8-16-17(24)2-1-3-18(16)25)31-19(12)13(5-14)9-32-11-30-20-21(26)28-10-29-22(20)32/h1-6,10-11,27,31H,7-9H2,(H2,26,28,29). The number of nitrogens with one attached hydrogen (secondary N) is 2. The first kappa shape index (κ1) is 20.3. The first-order chi connectivity index (χ1) is 15.5. The molecule has 7 nitrogen and oxygen atoms in total. The lowest BCUT2D eigenvalue weighted by Gasteiger charge is -2.07. The predicted octanol–water partition coefficient (Wildman–Crippen LogP) is 4.16. The third kappa shape index (κ3) is 3.76. The maximum Gasteiger partial charge on any atom is 0.165 e. The molecule has 0 aliphatic carbocycles. The molecule has 3 heterocycles. The molecule has 0 radical (unpaired) electrons. The van der Waals surface area contributed by atoms with E-state index in [1.165, 1.54) is 24.5 Å². The van der Waals surface area contributed by atoms with E-state index in [4.69, 9.17) is 17.3 Å².